The molecule has 1 aliphatic carbocycles. The Morgan fingerprint density at radius 1 is 1.21 bits per heavy atom. The number of carbonyl (C=O) groups is 1. The molecule has 1 amide bonds. The van der Waals surface area contributed by atoms with E-state index in [1.807, 2.05) is 6.07 Å². The van der Waals surface area contributed by atoms with E-state index in [2.05, 4.69) is 22.8 Å². The number of hydrogen-bond acceptors (Lipinski definition) is 5. The van der Waals surface area contributed by atoms with Gasteiger partial charge >= 0.3 is 0 Å². The van der Waals surface area contributed by atoms with Gasteiger partial charge in [-0.15, -0.1) is 12.4 Å². The van der Waals surface area contributed by atoms with Crippen molar-refractivity contribution in [3.8, 4) is 11.5 Å². The van der Waals surface area contributed by atoms with Crippen molar-refractivity contribution >= 4 is 18.3 Å². The molecule has 0 spiro atoms. The van der Waals surface area contributed by atoms with Crippen LogP contribution >= 0.6 is 12.4 Å². The van der Waals surface area contributed by atoms with Crippen molar-refractivity contribution < 1.29 is 19.0 Å². The van der Waals surface area contributed by atoms with Crippen molar-refractivity contribution in [2.75, 3.05) is 40.5 Å². The highest BCUT2D eigenvalue weighted by Crippen LogP contribution is 2.42. The highest BCUT2D eigenvalue weighted by Gasteiger charge is 2.35. The summed E-state index contributed by atoms with van der Waals surface area (Å²) >= 11 is 0. The molecule has 2 aliphatic rings. The topological polar surface area (TPSA) is 68.8 Å². The number of nitrogens with one attached hydrogen (secondary N) is 2. The van der Waals surface area contributed by atoms with Crippen LogP contribution in [0.15, 0.2) is 18.2 Å². The van der Waals surface area contributed by atoms with Crippen LogP contribution in [0.3, 0.4) is 0 Å². The smallest absolute Gasteiger partial charge is 0.221 e. The van der Waals surface area contributed by atoms with Gasteiger partial charge in [0.25, 0.3) is 0 Å². The van der Waals surface area contributed by atoms with Crippen molar-refractivity contribution in [1.82, 2.24) is 10.6 Å². The van der Waals surface area contributed by atoms with Crippen LogP contribution in [-0.4, -0.2) is 52.5 Å². The number of halogens is 1. The molecule has 1 heterocycles. The molecule has 2 N–H and O–H groups in total. The summed E-state index contributed by atoms with van der Waals surface area (Å²) in [6, 6.07) is 6.28. The van der Waals surface area contributed by atoms with Gasteiger partial charge in [-0.3, -0.25) is 4.79 Å². The first kappa shape index (κ1) is 22.8. The molecule has 28 heavy (non-hydrogen) atoms. The minimum atomic E-state index is -0.0377. The van der Waals surface area contributed by atoms with Crippen LogP contribution in [0.2, 0.25) is 0 Å². The van der Waals surface area contributed by atoms with Gasteiger partial charge in [0.1, 0.15) is 0 Å². The fourth-order valence-corrected chi connectivity index (χ4v) is 4.28. The van der Waals surface area contributed by atoms with Gasteiger partial charge < -0.3 is 24.8 Å². The van der Waals surface area contributed by atoms with E-state index in [0.717, 1.165) is 37.5 Å². The van der Waals surface area contributed by atoms with Crippen molar-refractivity contribution in [2.45, 2.75) is 50.0 Å². The molecule has 1 saturated heterocycles. The molecule has 2 fully saturated rings. The van der Waals surface area contributed by atoms with Crippen molar-refractivity contribution in [1.29, 1.82) is 0 Å². The minimum Gasteiger partial charge on any atom is -0.493 e. The predicted molar refractivity (Wildman–Crippen MR) is 112 cm³/mol. The third-order valence-corrected chi connectivity index (χ3v) is 5.86. The summed E-state index contributed by atoms with van der Waals surface area (Å²) in [6.45, 7) is 2.80. The average molecular weight is 413 g/mol. The molecule has 158 valence electrons. The lowest BCUT2D eigenvalue weighted by atomic mass is 9.69. The van der Waals surface area contributed by atoms with Gasteiger partial charge in [0.15, 0.2) is 11.5 Å². The molecular weight excluding hydrogens is 380 g/mol. The summed E-state index contributed by atoms with van der Waals surface area (Å²) in [5.41, 5.74) is 1.18. The Kier molecular flexibility index (Phi) is 8.86. The van der Waals surface area contributed by atoms with E-state index < -0.39 is 0 Å². The quantitative estimate of drug-likeness (QED) is 0.720. The lowest BCUT2D eigenvalue weighted by Gasteiger charge is -2.38. The Hall–Kier alpha value is -1.50. The summed E-state index contributed by atoms with van der Waals surface area (Å²) in [4.78, 5) is 12.5. The van der Waals surface area contributed by atoms with E-state index in [1.54, 1.807) is 14.2 Å². The molecule has 7 heteroatoms. The van der Waals surface area contributed by atoms with E-state index in [9.17, 15) is 4.79 Å². The minimum absolute atomic E-state index is 0. The lowest BCUT2D eigenvalue weighted by Crippen LogP contribution is -2.47. The zero-order chi connectivity index (χ0) is 19.1. The molecule has 1 saturated carbocycles. The van der Waals surface area contributed by atoms with E-state index in [0.29, 0.717) is 19.6 Å². The first-order chi connectivity index (χ1) is 13.2. The number of benzene rings is 1. The van der Waals surface area contributed by atoms with Crippen LogP contribution in [0, 0.1) is 0 Å². The second-order valence-electron chi connectivity index (χ2n) is 7.62. The van der Waals surface area contributed by atoms with E-state index in [4.69, 9.17) is 14.2 Å². The van der Waals surface area contributed by atoms with Gasteiger partial charge in [0.05, 0.1) is 27.4 Å². The van der Waals surface area contributed by atoms with Crippen LogP contribution in [-0.2, 0) is 14.9 Å². The number of methoxy groups -OCH3 is 2. The Bertz CT molecular complexity index is 629. The van der Waals surface area contributed by atoms with Crippen LogP contribution < -0.4 is 20.1 Å². The maximum absolute atomic E-state index is 12.5. The third kappa shape index (κ3) is 5.52. The largest absolute Gasteiger partial charge is 0.493 e. The summed E-state index contributed by atoms with van der Waals surface area (Å²) in [5, 5.41) is 6.54. The molecular formula is C21H33ClN2O4. The number of carbonyl (C=O) groups excluding carboxylic acids is 1. The Morgan fingerprint density at radius 3 is 2.61 bits per heavy atom. The van der Waals surface area contributed by atoms with E-state index >= 15 is 0 Å². The van der Waals surface area contributed by atoms with Crippen LogP contribution in [0.1, 0.15) is 44.1 Å². The van der Waals surface area contributed by atoms with E-state index in [1.165, 1.54) is 24.8 Å². The molecule has 6 nitrogen and oxygen atoms in total. The first-order valence-corrected chi connectivity index (χ1v) is 9.97. The van der Waals surface area contributed by atoms with Crippen LogP contribution in [0.4, 0.5) is 0 Å². The van der Waals surface area contributed by atoms with Gasteiger partial charge in [-0.05, 0) is 30.5 Å². The summed E-state index contributed by atoms with van der Waals surface area (Å²) in [7, 11) is 3.31. The SMILES string of the molecule is COc1ccc(C2(CNC(=O)CC3COCCN3)CCCCC2)cc1OC.Cl. The van der Waals surface area contributed by atoms with Gasteiger partial charge in [0.2, 0.25) is 5.91 Å². The third-order valence-electron chi connectivity index (χ3n) is 5.86. The zero-order valence-corrected chi connectivity index (χ0v) is 17.7. The highest BCUT2D eigenvalue weighted by molar-refractivity contribution is 5.85. The number of rotatable bonds is 7. The molecule has 1 aromatic rings. The van der Waals surface area contributed by atoms with Crippen LogP contribution in [0.5, 0.6) is 11.5 Å². The second-order valence-corrected chi connectivity index (χ2v) is 7.62. The average Bonchev–Trinajstić information content (AvgIpc) is 2.73. The molecule has 1 aliphatic heterocycles. The summed E-state index contributed by atoms with van der Waals surface area (Å²) in [6.07, 6.45) is 6.24. The van der Waals surface area contributed by atoms with Crippen molar-refractivity contribution in [3.63, 3.8) is 0 Å². The standard InChI is InChI=1S/C21H32N2O4.ClH/c1-25-18-7-6-16(12-19(18)26-2)21(8-4-3-5-9-21)15-23-20(24)13-17-14-27-11-10-22-17;/h6-7,12,17,22H,3-5,8-11,13-15H2,1-2H3,(H,23,24);1H. The number of ether oxygens (including phenoxy) is 3. The van der Waals surface area contributed by atoms with Gasteiger partial charge in [0, 0.05) is 31.0 Å². The van der Waals surface area contributed by atoms with Gasteiger partial charge in [-0.25, -0.2) is 0 Å². The number of amides is 1. The van der Waals surface area contributed by atoms with Crippen molar-refractivity contribution in [2.24, 2.45) is 0 Å². The Balaban J connectivity index is 0.00000280. The Morgan fingerprint density at radius 2 is 1.96 bits per heavy atom. The first-order valence-electron chi connectivity index (χ1n) is 9.97. The fraction of sp³-hybridized carbons (Fsp3) is 0.667. The maximum Gasteiger partial charge on any atom is 0.221 e. The number of hydrogen-bond donors (Lipinski definition) is 2. The van der Waals surface area contributed by atoms with Crippen LogP contribution in [0.25, 0.3) is 0 Å². The maximum atomic E-state index is 12.5. The molecule has 1 atom stereocenters. The normalized spacial score (nSPS) is 21.3. The second kappa shape index (κ2) is 10.9. The number of morpholine rings is 1. The molecule has 0 aromatic heterocycles. The van der Waals surface area contributed by atoms with Gasteiger partial charge in [-0.1, -0.05) is 25.3 Å². The molecule has 3 rings (SSSR count). The zero-order valence-electron chi connectivity index (χ0n) is 16.9. The molecule has 0 bridgehead atoms. The summed E-state index contributed by atoms with van der Waals surface area (Å²) in [5.74, 6) is 1.57. The highest BCUT2D eigenvalue weighted by atomic mass is 35.5. The molecule has 0 radical (unpaired) electrons. The fourth-order valence-electron chi connectivity index (χ4n) is 4.28. The predicted octanol–water partition coefficient (Wildman–Crippen LogP) is 2.82. The molecule has 1 unspecified atom stereocenters. The van der Waals surface area contributed by atoms with Gasteiger partial charge in [-0.2, -0.15) is 0 Å². The van der Waals surface area contributed by atoms with E-state index in [-0.39, 0.29) is 29.8 Å². The molecule has 1 aromatic carbocycles. The summed E-state index contributed by atoms with van der Waals surface area (Å²) < 4.78 is 16.3. The monoisotopic (exact) mass is 412 g/mol. The lowest BCUT2D eigenvalue weighted by molar-refractivity contribution is -0.122. The Labute approximate surface area is 174 Å². The van der Waals surface area contributed by atoms with Crippen molar-refractivity contribution in [3.05, 3.63) is 23.8 Å².